The molecule has 6 aromatic rings. The number of furan rings is 1. The molecule has 0 atom stereocenters. The smallest absolute Gasteiger partial charge is 0.348 e. The number of carbonyl (C=O) groups excluding carboxylic acids is 1. The van der Waals surface area contributed by atoms with Crippen LogP contribution in [0.15, 0.2) is 115 Å². The van der Waals surface area contributed by atoms with Gasteiger partial charge in [0.25, 0.3) is 0 Å². The highest BCUT2D eigenvalue weighted by Crippen LogP contribution is 2.36. The maximum absolute atomic E-state index is 13.6. The number of benzene rings is 4. The fourth-order valence-electron chi connectivity index (χ4n) is 4.49. The molecular formula is C32H21BrO6. The predicted octanol–water partition coefficient (Wildman–Crippen LogP) is 8.25. The minimum Gasteiger partial charge on any atom is -0.494 e. The summed E-state index contributed by atoms with van der Waals surface area (Å²) in [5.41, 5.74) is 2.89. The molecule has 4 aromatic carbocycles. The maximum Gasteiger partial charge on any atom is 0.348 e. The van der Waals surface area contributed by atoms with Gasteiger partial charge in [-0.2, -0.15) is 0 Å². The normalized spacial score (nSPS) is 11.1. The van der Waals surface area contributed by atoms with E-state index in [-0.39, 0.29) is 16.7 Å². The summed E-state index contributed by atoms with van der Waals surface area (Å²) in [6.45, 7) is 2.38. The molecule has 0 fully saturated rings. The third-order valence-corrected chi connectivity index (χ3v) is 6.85. The lowest BCUT2D eigenvalue weighted by Crippen LogP contribution is -2.10. The zero-order valence-corrected chi connectivity index (χ0v) is 22.4. The lowest BCUT2D eigenvalue weighted by Gasteiger charge is -2.08. The molecule has 6 nitrogen and oxygen atoms in total. The van der Waals surface area contributed by atoms with E-state index in [4.69, 9.17) is 18.3 Å². The second-order valence-corrected chi connectivity index (χ2v) is 9.71. The fraction of sp³-hybridized carbons (Fsp3) is 0.0625. The number of esters is 1. The first-order chi connectivity index (χ1) is 19.0. The van der Waals surface area contributed by atoms with Crippen LogP contribution in [0, 0.1) is 0 Å². The topological polar surface area (TPSA) is 78.9 Å². The van der Waals surface area contributed by atoms with Gasteiger partial charge in [0.1, 0.15) is 40.3 Å². The summed E-state index contributed by atoms with van der Waals surface area (Å²) in [6.07, 6.45) is 1.42. The average Bonchev–Trinajstić information content (AvgIpc) is 3.34. The van der Waals surface area contributed by atoms with Gasteiger partial charge in [0.15, 0.2) is 5.43 Å². The molecule has 192 valence electrons. The first kappa shape index (κ1) is 24.7. The van der Waals surface area contributed by atoms with Crippen LogP contribution in [0.5, 0.6) is 11.5 Å². The van der Waals surface area contributed by atoms with E-state index >= 15 is 0 Å². The van der Waals surface area contributed by atoms with Crippen molar-refractivity contribution in [3.63, 3.8) is 0 Å². The molecule has 0 saturated carbocycles. The van der Waals surface area contributed by atoms with Gasteiger partial charge in [0, 0.05) is 21.5 Å². The SMILES string of the molecule is CCOc1ccc2oc(-c3ccccc3)c(C(=O)Oc3ccc4c(=O)c(-c5ccc(Br)cc5)coc4c3)c2c1. The largest absolute Gasteiger partial charge is 0.494 e. The molecule has 0 unspecified atom stereocenters. The molecule has 39 heavy (non-hydrogen) atoms. The number of halogens is 1. The van der Waals surface area contributed by atoms with Gasteiger partial charge >= 0.3 is 5.97 Å². The van der Waals surface area contributed by atoms with Crippen molar-refractivity contribution in [3.8, 4) is 33.9 Å². The van der Waals surface area contributed by atoms with Crippen molar-refractivity contribution >= 4 is 43.8 Å². The zero-order valence-electron chi connectivity index (χ0n) is 20.8. The summed E-state index contributed by atoms with van der Waals surface area (Å²) < 4.78 is 24.3. The number of hydrogen-bond donors (Lipinski definition) is 0. The van der Waals surface area contributed by atoms with E-state index in [0.717, 1.165) is 15.6 Å². The molecule has 0 N–H and O–H groups in total. The number of ether oxygens (including phenoxy) is 2. The Hall–Kier alpha value is -4.62. The van der Waals surface area contributed by atoms with Crippen molar-refractivity contribution in [2.75, 3.05) is 6.61 Å². The molecule has 0 spiro atoms. The van der Waals surface area contributed by atoms with E-state index in [9.17, 15) is 9.59 Å². The van der Waals surface area contributed by atoms with E-state index in [1.165, 1.54) is 12.3 Å². The molecule has 0 aliphatic rings. The van der Waals surface area contributed by atoms with Gasteiger partial charge in [-0.05, 0) is 55.0 Å². The van der Waals surface area contributed by atoms with E-state index in [0.29, 0.717) is 45.6 Å². The summed E-state index contributed by atoms with van der Waals surface area (Å²) in [5, 5.41) is 0.964. The van der Waals surface area contributed by atoms with E-state index in [2.05, 4.69) is 15.9 Å². The van der Waals surface area contributed by atoms with Crippen LogP contribution in [-0.4, -0.2) is 12.6 Å². The van der Waals surface area contributed by atoms with Gasteiger partial charge in [-0.15, -0.1) is 0 Å². The standard InChI is InChI=1S/C32H21BrO6/c1-2-36-22-13-15-27-25(16-22)29(31(39-27)20-6-4-3-5-7-20)32(35)38-23-12-14-24-28(17-23)37-18-26(30(24)34)19-8-10-21(33)11-9-19/h3-18H,2H2,1H3. The summed E-state index contributed by atoms with van der Waals surface area (Å²) in [4.78, 5) is 26.8. The Morgan fingerprint density at radius 3 is 2.36 bits per heavy atom. The number of hydrogen-bond acceptors (Lipinski definition) is 6. The van der Waals surface area contributed by atoms with Crippen LogP contribution >= 0.6 is 15.9 Å². The highest BCUT2D eigenvalue weighted by molar-refractivity contribution is 9.10. The van der Waals surface area contributed by atoms with Crippen LogP contribution in [0.25, 0.3) is 44.4 Å². The first-order valence-corrected chi connectivity index (χ1v) is 13.1. The van der Waals surface area contributed by atoms with Crippen LogP contribution in [0.4, 0.5) is 0 Å². The Morgan fingerprint density at radius 1 is 0.821 bits per heavy atom. The van der Waals surface area contributed by atoms with E-state index < -0.39 is 5.97 Å². The van der Waals surface area contributed by atoms with Crippen LogP contribution in [-0.2, 0) is 0 Å². The second-order valence-electron chi connectivity index (χ2n) is 8.80. The molecule has 0 radical (unpaired) electrons. The fourth-order valence-corrected chi connectivity index (χ4v) is 4.75. The van der Waals surface area contributed by atoms with Gasteiger partial charge in [-0.25, -0.2) is 4.79 Å². The quantitative estimate of drug-likeness (QED) is 0.146. The molecular weight excluding hydrogens is 560 g/mol. The molecule has 0 aliphatic heterocycles. The minimum absolute atomic E-state index is 0.174. The summed E-state index contributed by atoms with van der Waals surface area (Å²) in [5.74, 6) is 0.653. The highest BCUT2D eigenvalue weighted by atomic mass is 79.9. The minimum atomic E-state index is -0.602. The number of carbonyl (C=O) groups is 1. The molecule has 6 rings (SSSR count). The van der Waals surface area contributed by atoms with Gasteiger partial charge in [0.05, 0.1) is 17.6 Å². The molecule has 7 heteroatoms. The predicted molar refractivity (Wildman–Crippen MR) is 153 cm³/mol. The highest BCUT2D eigenvalue weighted by Gasteiger charge is 2.25. The summed E-state index contributed by atoms with van der Waals surface area (Å²) in [6, 6.07) is 26.8. The molecule has 0 amide bonds. The van der Waals surface area contributed by atoms with Crippen molar-refractivity contribution in [1.82, 2.24) is 0 Å². The Bertz CT molecular complexity index is 1880. The molecule has 0 bridgehead atoms. The number of rotatable bonds is 6. The number of fused-ring (bicyclic) bond motifs is 2. The van der Waals surface area contributed by atoms with Gasteiger partial charge in [-0.3, -0.25) is 4.79 Å². The Labute approximate surface area is 231 Å². The first-order valence-electron chi connectivity index (χ1n) is 12.3. The van der Waals surface area contributed by atoms with E-state index in [1.54, 1.807) is 30.3 Å². The molecule has 0 aliphatic carbocycles. The Balaban J connectivity index is 1.39. The molecule has 2 heterocycles. The van der Waals surface area contributed by atoms with Crippen molar-refractivity contribution in [3.05, 3.63) is 118 Å². The molecule has 2 aromatic heterocycles. The Kier molecular flexibility index (Phi) is 6.50. The average molecular weight is 581 g/mol. The van der Waals surface area contributed by atoms with Crippen molar-refractivity contribution in [1.29, 1.82) is 0 Å². The van der Waals surface area contributed by atoms with Gasteiger partial charge in [-0.1, -0.05) is 58.4 Å². The maximum atomic E-state index is 13.6. The Morgan fingerprint density at radius 2 is 1.59 bits per heavy atom. The van der Waals surface area contributed by atoms with Gasteiger partial charge in [0.2, 0.25) is 0 Å². The van der Waals surface area contributed by atoms with Crippen LogP contribution in [0.2, 0.25) is 0 Å². The summed E-state index contributed by atoms with van der Waals surface area (Å²) >= 11 is 3.40. The third kappa shape index (κ3) is 4.73. The van der Waals surface area contributed by atoms with Crippen LogP contribution in [0.1, 0.15) is 17.3 Å². The second kappa shape index (κ2) is 10.3. The van der Waals surface area contributed by atoms with Crippen molar-refractivity contribution < 1.29 is 23.1 Å². The summed E-state index contributed by atoms with van der Waals surface area (Å²) in [7, 11) is 0. The van der Waals surface area contributed by atoms with Crippen LogP contribution in [0.3, 0.4) is 0 Å². The zero-order chi connectivity index (χ0) is 26.9. The van der Waals surface area contributed by atoms with Crippen molar-refractivity contribution in [2.45, 2.75) is 6.92 Å². The molecule has 0 saturated heterocycles. The lowest BCUT2D eigenvalue weighted by molar-refractivity contribution is 0.0737. The van der Waals surface area contributed by atoms with Gasteiger partial charge < -0.3 is 18.3 Å². The van der Waals surface area contributed by atoms with E-state index in [1.807, 2.05) is 61.5 Å². The van der Waals surface area contributed by atoms with Crippen molar-refractivity contribution in [2.24, 2.45) is 0 Å². The third-order valence-electron chi connectivity index (χ3n) is 6.32. The lowest BCUT2D eigenvalue weighted by atomic mass is 10.1. The monoisotopic (exact) mass is 580 g/mol. The van der Waals surface area contributed by atoms with Crippen LogP contribution < -0.4 is 14.9 Å².